The summed E-state index contributed by atoms with van der Waals surface area (Å²) >= 11 is 0. The average Bonchev–Trinajstić information content (AvgIpc) is 3.05. The lowest BCUT2D eigenvalue weighted by Gasteiger charge is -2.22. The SMILES string of the molecule is [2H]C([2H])([2H])c1cccc(C([2H])([2H])[2H])c1-n1c(-c2ccccc2)nnc1C(C)(C)C. The molecule has 3 nitrogen and oxygen atoms in total. The first-order valence-corrected chi connectivity index (χ1v) is 7.47. The molecule has 1 heterocycles. The summed E-state index contributed by atoms with van der Waals surface area (Å²) in [4.78, 5) is 0. The third-order valence-electron chi connectivity index (χ3n) is 3.63. The van der Waals surface area contributed by atoms with E-state index in [9.17, 15) is 0 Å². The van der Waals surface area contributed by atoms with Gasteiger partial charge in [-0.15, -0.1) is 10.2 Å². The number of aryl methyl sites for hydroxylation is 2. The zero-order valence-corrected chi connectivity index (χ0v) is 13.5. The highest BCUT2D eigenvalue weighted by Gasteiger charge is 2.26. The monoisotopic (exact) mass is 311 g/mol. The second-order valence-electron chi connectivity index (χ2n) is 6.50. The van der Waals surface area contributed by atoms with E-state index in [2.05, 4.69) is 10.2 Å². The second-order valence-corrected chi connectivity index (χ2v) is 6.50. The van der Waals surface area contributed by atoms with Crippen molar-refractivity contribution in [1.82, 2.24) is 14.8 Å². The Morgan fingerprint density at radius 1 is 0.870 bits per heavy atom. The molecule has 0 radical (unpaired) electrons. The van der Waals surface area contributed by atoms with Gasteiger partial charge in [0, 0.05) is 19.2 Å². The molecule has 3 aromatic rings. The van der Waals surface area contributed by atoms with Crippen LogP contribution >= 0.6 is 0 Å². The van der Waals surface area contributed by atoms with Gasteiger partial charge in [0.15, 0.2) is 5.82 Å². The van der Waals surface area contributed by atoms with Crippen molar-refractivity contribution < 1.29 is 8.22 Å². The predicted octanol–water partition coefficient (Wildman–Crippen LogP) is 4.85. The van der Waals surface area contributed by atoms with Gasteiger partial charge in [0.05, 0.1) is 5.69 Å². The van der Waals surface area contributed by atoms with Gasteiger partial charge in [-0.25, -0.2) is 0 Å². The van der Waals surface area contributed by atoms with Gasteiger partial charge in [0.1, 0.15) is 5.82 Å². The van der Waals surface area contributed by atoms with Crippen LogP contribution in [0.2, 0.25) is 0 Å². The molecule has 0 aliphatic heterocycles. The van der Waals surface area contributed by atoms with Crippen LogP contribution < -0.4 is 0 Å². The highest BCUT2D eigenvalue weighted by molar-refractivity contribution is 5.61. The van der Waals surface area contributed by atoms with E-state index in [0.717, 1.165) is 0 Å². The van der Waals surface area contributed by atoms with Crippen molar-refractivity contribution in [2.75, 3.05) is 0 Å². The van der Waals surface area contributed by atoms with Gasteiger partial charge in [-0.1, -0.05) is 69.3 Å². The molecule has 0 saturated heterocycles. The van der Waals surface area contributed by atoms with Crippen LogP contribution in [0.1, 0.15) is 45.9 Å². The minimum Gasteiger partial charge on any atom is -0.278 e. The third kappa shape index (κ3) is 2.79. The molecule has 0 spiro atoms. The number of rotatable bonds is 2. The fourth-order valence-electron chi connectivity index (χ4n) is 2.54. The first-order chi connectivity index (χ1) is 13.3. The Kier molecular flexibility index (Phi) is 2.37. The Hall–Kier alpha value is -2.42. The molecular formula is C20H23N3. The van der Waals surface area contributed by atoms with Gasteiger partial charge in [-0.2, -0.15) is 0 Å². The number of para-hydroxylation sites is 1. The molecule has 3 rings (SSSR count). The zero-order chi connectivity index (χ0) is 21.6. The van der Waals surface area contributed by atoms with Crippen molar-refractivity contribution in [3.63, 3.8) is 0 Å². The molecule has 0 N–H and O–H groups in total. The van der Waals surface area contributed by atoms with Crippen LogP contribution in [0.3, 0.4) is 0 Å². The van der Waals surface area contributed by atoms with Crippen molar-refractivity contribution in [1.29, 1.82) is 0 Å². The summed E-state index contributed by atoms with van der Waals surface area (Å²) in [6, 6.07) is 13.6. The van der Waals surface area contributed by atoms with Gasteiger partial charge in [0.25, 0.3) is 0 Å². The molecule has 3 heteroatoms. The number of hydrogen-bond donors (Lipinski definition) is 0. The fourth-order valence-corrected chi connectivity index (χ4v) is 2.54. The number of benzene rings is 2. The van der Waals surface area contributed by atoms with Crippen LogP contribution in [0.4, 0.5) is 0 Å². The number of aromatic nitrogens is 3. The summed E-state index contributed by atoms with van der Waals surface area (Å²) in [7, 11) is 0. The molecule has 0 unspecified atom stereocenters. The zero-order valence-electron chi connectivity index (χ0n) is 19.5. The molecular weight excluding hydrogens is 282 g/mol. The topological polar surface area (TPSA) is 30.7 Å². The van der Waals surface area contributed by atoms with E-state index in [-0.39, 0.29) is 16.8 Å². The standard InChI is InChI=1S/C20H23N3/c1-14-10-9-11-15(2)17(14)23-18(16-12-7-6-8-13-16)21-22-19(23)20(3,4)5/h6-13H,1-5H3/i1D3,2D3. The number of nitrogens with zero attached hydrogens (tertiary/aromatic N) is 3. The van der Waals surface area contributed by atoms with E-state index < -0.39 is 19.1 Å². The van der Waals surface area contributed by atoms with E-state index in [1.807, 2.05) is 51.1 Å². The second kappa shape index (κ2) is 5.65. The molecule has 118 valence electrons. The Morgan fingerprint density at radius 3 is 2.09 bits per heavy atom. The van der Waals surface area contributed by atoms with Crippen LogP contribution in [-0.2, 0) is 5.41 Å². The maximum Gasteiger partial charge on any atom is 0.168 e. The van der Waals surface area contributed by atoms with Crippen molar-refractivity contribution in [3.05, 3.63) is 65.5 Å². The summed E-state index contributed by atoms with van der Waals surface area (Å²) < 4.78 is 49.7. The third-order valence-corrected chi connectivity index (χ3v) is 3.63. The van der Waals surface area contributed by atoms with Gasteiger partial charge in [-0.05, 0) is 24.8 Å². The van der Waals surface area contributed by atoms with Crippen LogP contribution in [0.15, 0.2) is 48.5 Å². The fraction of sp³-hybridized carbons (Fsp3) is 0.300. The normalized spacial score (nSPS) is 16.7. The van der Waals surface area contributed by atoms with E-state index in [1.165, 1.54) is 18.2 Å². The smallest absolute Gasteiger partial charge is 0.168 e. The van der Waals surface area contributed by atoms with E-state index >= 15 is 0 Å². The van der Waals surface area contributed by atoms with E-state index in [0.29, 0.717) is 17.2 Å². The Balaban J connectivity index is 2.50. The molecule has 0 atom stereocenters. The molecule has 0 bridgehead atoms. The first-order valence-electron chi connectivity index (χ1n) is 10.5. The minimum absolute atomic E-state index is 0.0476. The average molecular weight is 311 g/mol. The first kappa shape index (κ1) is 9.66. The lowest BCUT2D eigenvalue weighted by Crippen LogP contribution is -2.19. The quantitative estimate of drug-likeness (QED) is 0.677. The lowest BCUT2D eigenvalue weighted by atomic mass is 9.95. The molecule has 23 heavy (non-hydrogen) atoms. The molecule has 0 fully saturated rings. The molecule has 0 aliphatic carbocycles. The van der Waals surface area contributed by atoms with E-state index in [1.54, 1.807) is 4.57 Å². The van der Waals surface area contributed by atoms with Gasteiger partial charge in [-0.3, -0.25) is 4.57 Å². The summed E-state index contributed by atoms with van der Waals surface area (Å²) in [5, 5.41) is 8.65. The Bertz CT molecular complexity index is 979. The Labute approximate surface area is 146 Å². The van der Waals surface area contributed by atoms with Crippen molar-refractivity contribution in [3.8, 4) is 17.1 Å². The van der Waals surface area contributed by atoms with Gasteiger partial charge >= 0.3 is 0 Å². The molecule has 1 aromatic heterocycles. The summed E-state index contributed by atoms with van der Waals surface area (Å²) in [5.74, 6) is 0.885. The predicted molar refractivity (Wildman–Crippen MR) is 95.0 cm³/mol. The van der Waals surface area contributed by atoms with Crippen LogP contribution in [0, 0.1) is 13.7 Å². The Morgan fingerprint density at radius 2 is 1.52 bits per heavy atom. The van der Waals surface area contributed by atoms with Crippen LogP contribution in [0.25, 0.3) is 17.1 Å². The van der Waals surface area contributed by atoms with Crippen LogP contribution in [0.5, 0.6) is 0 Å². The largest absolute Gasteiger partial charge is 0.278 e. The minimum atomic E-state index is -2.51. The van der Waals surface area contributed by atoms with E-state index in [4.69, 9.17) is 8.22 Å². The molecule has 0 aliphatic rings. The van der Waals surface area contributed by atoms with Crippen molar-refractivity contribution >= 4 is 0 Å². The molecule has 0 amide bonds. The highest BCUT2D eigenvalue weighted by atomic mass is 15.3. The summed E-state index contributed by atoms with van der Waals surface area (Å²) in [6.45, 7) is 0.758. The maximum atomic E-state index is 8.01. The summed E-state index contributed by atoms with van der Waals surface area (Å²) in [6.07, 6.45) is 0. The summed E-state index contributed by atoms with van der Waals surface area (Å²) in [5.41, 5.74) is 0.212. The lowest BCUT2D eigenvalue weighted by molar-refractivity contribution is 0.533. The van der Waals surface area contributed by atoms with Gasteiger partial charge < -0.3 is 0 Å². The van der Waals surface area contributed by atoms with Crippen molar-refractivity contribution in [2.45, 2.75) is 39.9 Å². The number of hydrogen-bond acceptors (Lipinski definition) is 2. The van der Waals surface area contributed by atoms with Crippen LogP contribution in [-0.4, -0.2) is 14.8 Å². The van der Waals surface area contributed by atoms with Crippen molar-refractivity contribution in [2.24, 2.45) is 0 Å². The highest BCUT2D eigenvalue weighted by Crippen LogP contribution is 2.32. The molecule has 2 aromatic carbocycles. The molecule has 0 saturated carbocycles. The maximum absolute atomic E-state index is 8.01. The van der Waals surface area contributed by atoms with Gasteiger partial charge in [0.2, 0.25) is 0 Å².